The SMILES string of the molecule is CC(=O)Nc1ccc(NC2=C(c3ccc(F)cc3)C(=O)N(CCc3ccc(F)cc3)C2=O)cc1. The first kappa shape index (κ1) is 22.8. The molecule has 0 aliphatic carbocycles. The van der Waals surface area contributed by atoms with E-state index in [4.69, 9.17) is 0 Å². The van der Waals surface area contributed by atoms with Crippen LogP contribution in [0.4, 0.5) is 20.2 Å². The molecule has 3 aromatic carbocycles. The van der Waals surface area contributed by atoms with Crippen LogP contribution in [0.25, 0.3) is 5.57 Å². The molecule has 1 heterocycles. The van der Waals surface area contributed by atoms with Crippen LogP contribution in [0.5, 0.6) is 0 Å². The third-order valence-corrected chi connectivity index (χ3v) is 5.31. The maximum absolute atomic E-state index is 13.5. The molecular weight excluding hydrogens is 440 g/mol. The quantitative estimate of drug-likeness (QED) is 0.513. The van der Waals surface area contributed by atoms with Crippen LogP contribution in [-0.4, -0.2) is 29.2 Å². The zero-order valence-electron chi connectivity index (χ0n) is 18.3. The van der Waals surface area contributed by atoms with Crippen LogP contribution >= 0.6 is 0 Å². The van der Waals surface area contributed by atoms with Crippen molar-refractivity contribution in [1.82, 2.24) is 4.90 Å². The number of benzene rings is 3. The maximum Gasteiger partial charge on any atom is 0.278 e. The molecule has 0 saturated carbocycles. The number of hydrogen-bond acceptors (Lipinski definition) is 4. The summed E-state index contributed by atoms with van der Waals surface area (Å²) in [6, 6.07) is 17.8. The minimum absolute atomic E-state index is 0.0722. The second-order valence-electron chi connectivity index (χ2n) is 7.78. The predicted molar refractivity (Wildman–Crippen MR) is 125 cm³/mol. The zero-order chi connectivity index (χ0) is 24.2. The van der Waals surface area contributed by atoms with E-state index in [0.29, 0.717) is 23.4 Å². The van der Waals surface area contributed by atoms with Crippen LogP contribution in [-0.2, 0) is 20.8 Å². The van der Waals surface area contributed by atoms with E-state index in [1.807, 2.05) is 0 Å². The smallest absolute Gasteiger partial charge is 0.278 e. The molecule has 0 fully saturated rings. The average molecular weight is 461 g/mol. The first-order valence-electron chi connectivity index (χ1n) is 10.6. The second kappa shape index (κ2) is 9.66. The molecular formula is C26H21F2N3O3. The van der Waals surface area contributed by atoms with E-state index in [0.717, 1.165) is 10.5 Å². The van der Waals surface area contributed by atoms with Crippen molar-refractivity contribution in [3.8, 4) is 0 Å². The van der Waals surface area contributed by atoms with Gasteiger partial charge in [0.1, 0.15) is 17.3 Å². The van der Waals surface area contributed by atoms with E-state index in [1.54, 1.807) is 36.4 Å². The number of rotatable bonds is 7. The Balaban J connectivity index is 1.62. The van der Waals surface area contributed by atoms with Crippen LogP contribution in [0.3, 0.4) is 0 Å². The third-order valence-electron chi connectivity index (χ3n) is 5.31. The molecule has 8 heteroatoms. The summed E-state index contributed by atoms with van der Waals surface area (Å²) in [5.74, 6) is -2.06. The second-order valence-corrected chi connectivity index (χ2v) is 7.78. The van der Waals surface area contributed by atoms with E-state index in [-0.39, 0.29) is 29.5 Å². The number of anilines is 2. The van der Waals surface area contributed by atoms with Crippen molar-refractivity contribution < 1.29 is 23.2 Å². The van der Waals surface area contributed by atoms with Crippen molar-refractivity contribution in [2.45, 2.75) is 13.3 Å². The molecule has 0 aromatic heterocycles. The summed E-state index contributed by atoms with van der Waals surface area (Å²) in [7, 11) is 0. The first-order valence-corrected chi connectivity index (χ1v) is 10.6. The largest absolute Gasteiger partial charge is 0.350 e. The van der Waals surface area contributed by atoms with E-state index in [2.05, 4.69) is 10.6 Å². The summed E-state index contributed by atoms with van der Waals surface area (Å²) in [4.78, 5) is 38.9. The number of hydrogen-bond donors (Lipinski definition) is 2. The fourth-order valence-electron chi connectivity index (χ4n) is 3.66. The van der Waals surface area contributed by atoms with Gasteiger partial charge in [-0.1, -0.05) is 24.3 Å². The van der Waals surface area contributed by atoms with E-state index < -0.39 is 17.6 Å². The average Bonchev–Trinajstić information content (AvgIpc) is 3.04. The van der Waals surface area contributed by atoms with Gasteiger partial charge < -0.3 is 10.6 Å². The third kappa shape index (κ3) is 5.01. The number of halogens is 2. The van der Waals surface area contributed by atoms with Crippen LogP contribution in [0, 0.1) is 11.6 Å². The molecule has 4 rings (SSSR count). The normalized spacial score (nSPS) is 13.4. The Labute approximate surface area is 194 Å². The Kier molecular flexibility index (Phi) is 6.49. The summed E-state index contributed by atoms with van der Waals surface area (Å²) in [6.07, 6.45) is 0.354. The zero-order valence-corrected chi connectivity index (χ0v) is 18.3. The standard InChI is InChI=1S/C26H21F2N3O3/c1-16(32)29-21-10-12-22(13-11-21)30-24-23(18-4-8-20(28)9-5-18)25(33)31(26(24)34)15-14-17-2-6-19(27)7-3-17/h2-13,30H,14-15H2,1H3,(H,29,32). The van der Waals surface area contributed by atoms with Crippen LogP contribution in [0.1, 0.15) is 18.1 Å². The van der Waals surface area contributed by atoms with Crippen molar-refractivity contribution in [2.24, 2.45) is 0 Å². The number of amides is 3. The van der Waals surface area contributed by atoms with Gasteiger partial charge in [0, 0.05) is 24.8 Å². The lowest BCUT2D eigenvalue weighted by Crippen LogP contribution is -2.34. The van der Waals surface area contributed by atoms with E-state index in [9.17, 15) is 23.2 Å². The van der Waals surface area contributed by atoms with E-state index in [1.165, 1.54) is 43.3 Å². The molecule has 1 aliphatic heterocycles. The van der Waals surface area contributed by atoms with Crippen LogP contribution in [0.15, 0.2) is 78.5 Å². The number of carbonyl (C=O) groups excluding carboxylic acids is 3. The Morgan fingerprint density at radius 3 is 1.94 bits per heavy atom. The van der Waals surface area contributed by atoms with Gasteiger partial charge in [0.2, 0.25) is 5.91 Å². The van der Waals surface area contributed by atoms with Gasteiger partial charge in [-0.25, -0.2) is 8.78 Å². The summed E-state index contributed by atoms with van der Waals surface area (Å²) < 4.78 is 26.7. The van der Waals surface area contributed by atoms with Crippen molar-refractivity contribution >= 4 is 34.7 Å². The number of carbonyl (C=O) groups is 3. The van der Waals surface area contributed by atoms with Crippen molar-refractivity contribution in [1.29, 1.82) is 0 Å². The highest BCUT2D eigenvalue weighted by atomic mass is 19.1. The predicted octanol–water partition coefficient (Wildman–Crippen LogP) is 4.36. The highest BCUT2D eigenvalue weighted by Crippen LogP contribution is 2.31. The fraction of sp³-hybridized carbons (Fsp3) is 0.115. The Bertz CT molecular complexity index is 1270. The molecule has 0 unspecified atom stereocenters. The van der Waals surface area contributed by atoms with Gasteiger partial charge in [-0.15, -0.1) is 0 Å². The van der Waals surface area contributed by atoms with Crippen molar-refractivity contribution in [2.75, 3.05) is 17.2 Å². The van der Waals surface area contributed by atoms with Crippen LogP contribution < -0.4 is 10.6 Å². The molecule has 1 aliphatic rings. The molecule has 0 spiro atoms. The molecule has 0 bridgehead atoms. The molecule has 0 atom stereocenters. The van der Waals surface area contributed by atoms with Gasteiger partial charge >= 0.3 is 0 Å². The van der Waals surface area contributed by atoms with Crippen molar-refractivity contribution in [3.05, 3.63) is 101 Å². The van der Waals surface area contributed by atoms with Gasteiger partial charge in [-0.2, -0.15) is 0 Å². The Morgan fingerprint density at radius 1 is 0.794 bits per heavy atom. The number of imide groups is 1. The molecule has 34 heavy (non-hydrogen) atoms. The van der Waals surface area contributed by atoms with Crippen molar-refractivity contribution in [3.63, 3.8) is 0 Å². The monoisotopic (exact) mass is 461 g/mol. The number of nitrogens with zero attached hydrogens (tertiary/aromatic N) is 1. The summed E-state index contributed by atoms with van der Waals surface area (Å²) in [5.41, 5.74) is 2.51. The molecule has 6 nitrogen and oxygen atoms in total. The lowest BCUT2D eigenvalue weighted by atomic mass is 10.0. The molecule has 0 radical (unpaired) electrons. The number of nitrogens with one attached hydrogen (secondary N) is 2. The summed E-state index contributed by atoms with van der Waals surface area (Å²) in [6.45, 7) is 1.50. The minimum Gasteiger partial charge on any atom is -0.350 e. The highest BCUT2D eigenvalue weighted by Gasteiger charge is 2.39. The summed E-state index contributed by atoms with van der Waals surface area (Å²) in [5, 5.41) is 5.67. The van der Waals surface area contributed by atoms with E-state index >= 15 is 0 Å². The first-order chi connectivity index (χ1) is 16.3. The van der Waals surface area contributed by atoms with Gasteiger partial charge in [-0.05, 0) is 66.1 Å². The molecule has 2 N–H and O–H groups in total. The van der Waals surface area contributed by atoms with Gasteiger partial charge in [0.15, 0.2) is 0 Å². The minimum atomic E-state index is -0.516. The Morgan fingerprint density at radius 2 is 1.35 bits per heavy atom. The molecule has 172 valence electrons. The summed E-state index contributed by atoms with van der Waals surface area (Å²) >= 11 is 0. The van der Waals surface area contributed by atoms with Gasteiger partial charge in [0.05, 0.1) is 5.57 Å². The fourth-order valence-corrected chi connectivity index (χ4v) is 3.66. The molecule has 3 aromatic rings. The van der Waals surface area contributed by atoms with Gasteiger partial charge in [0.25, 0.3) is 11.8 Å². The van der Waals surface area contributed by atoms with Gasteiger partial charge in [-0.3, -0.25) is 19.3 Å². The topological polar surface area (TPSA) is 78.5 Å². The maximum atomic E-state index is 13.5. The lowest BCUT2D eigenvalue weighted by molar-refractivity contribution is -0.136. The lowest BCUT2D eigenvalue weighted by Gasteiger charge is -2.15. The highest BCUT2D eigenvalue weighted by molar-refractivity contribution is 6.36. The molecule has 3 amide bonds. The van der Waals surface area contributed by atoms with Crippen LogP contribution in [0.2, 0.25) is 0 Å². The molecule has 0 saturated heterocycles. The Hall–Kier alpha value is -4.33.